The minimum atomic E-state index is -0.0764. The van der Waals surface area contributed by atoms with Crippen molar-refractivity contribution in [1.29, 1.82) is 0 Å². The molecule has 1 atom stereocenters. The molecular formula is C17H16N6OS2. The van der Waals surface area contributed by atoms with Crippen LogP contribution in [-0.4, -0.2) is 30.3 Å². The highest BCUT2D eigenvalue weighted by molar-refractivity contribution is 7.99. The summed E-state index contributed by atoms with van der Waals surface area (Å²) < 4.78 is 7.15. The van der Waals surface area contributed by atoms with E-state index in [-0.39, 0.29) is 5.25 Å². The number of benzene rings is 1. The van der Waals surface area contributed by atoms with Gasteiger partial charge in [0.15, 0.2) is 0 Å². The van der Waals surface area contributed by atoms with Crippen molar-refractivity contribution < 1.29 is 4.52 Å². The summed E-state index contributed by atoms with van der Waals surface area (Å²) in [7, 11) is 0. The molecule has 7 nitrogen and oxygen atoms in total. The first-order valence-corrected chi connectivity index (χ1v) is 9.78. The quantitative estimate of drug-likeness (QED) is 0.476. The molecule has 3 aromatic heterocycles. The molecule has 0 aliphatic rings. The van der Waals surface area contributed by atoms with Crippen LogP contribution >= 0.6 is 23.1 Å². The van der Waals surface area contributed by atoms with Crippen LogP contribution in [0.15, 0.2) is 45.4 Å². The molecule has 0 aliphatic carbocycles. The highest BCUT2D eigenvalue weighted by Gasteiger charge is 2.20. The first kappa shape index (κ1) is 16.9. The van der Waals surface area contributed by atoms with Gasteiger partial charge in [-0.25, -0.2) is 0 Å². The fraction of sp³-hybridized carbons (Fsp3) is 0.235. The Morgan fingerprint density at radius 1 is 1.19 bits per heavy atom. The van der Waals surface area contributed by atoms with E-state index in [1.54, 1.807) is 16.0 Å². The second-order valence-corrected chi connectivity index (χ2v) is 8.09. The normalized spacial score (nSPS) is 12.4. The average Bonchev–Trinajstić information content (AvgIpc) is 3.38. The molecule has 0 fully saturated rings. The van der Waals surface area contributed by atoms with Crippen molar-refractivity contribution in [3.05, 3.63) is 52.7 Å². The number of rotatable bonds is 5. The predicted octanol–water partition coefficient (Wildman–Crippen LogP) is 4.24. The standard InChI is InChI=1S/C17H16N6OS2/c1-10-6-7-13(9-11(10)2)23-17(19-21-22-23)26-12(3)16-18-15(20-24-16)14-5-4-8-25-14/h4-9,12H,1-3H3. The van der Waals surface area contributed by atoms with Gasteiger partial charge in [0.2, 0.25) is 16.9 Å². The molecule has 0 saturated heterocycles. The third-order valence-corrected chi connectivity index (χ3v) is 5.88. The number of hydrogen-bond acceptors (Lipinski definition) is 8. The lowest BCUT2D eigenvalue weighted by atomic mass is 10.1. The fourth-order valence-corrected chi connectivity index (χ4v) is 3.87. The van der Waals surface area contributed by atoms with E-state index in [1.807, 2.05) is 30.5 Å². The predicted molar refractivity (Wildman–Crippen MR) is 101 cm³/mol. The molecule has 0 saturated carbocycles. The van der Waals surface area contributed by atoms with E-state index in [1.165, 1.54) is 22.9 Å². The number of nitrogens with zero attached hydrogens (tertiary/aromatic N) is 6. The number of tetrazole rings is 1. The molecule has 3 heterocycles. The first-order valence-electron chi connectivity index (χ1n) is 8.02. The third-order valence-electron chi connectivity index (χ3n) is 3.99. The summed E-state index contributed by atoms with van der Waals surface area (Å²) in [6.07, 6.45) is 0. The zero-order valence-electron chi connectivity index (χ0n) is 14.4. The minimum absolute atomic E-state index is 0.0764. The van der Waals surface area contributed by atoms with E-state index in [4.69, 9.17) is 4.52 Å². The van der Waals surface area contributed by atoms with Gasteiger partial charge in [0.25, 0.3) is 0 Å². The summed E-state index contributed by atoms with van der Waals surface area (Å²) in [4.78, 5) is 5.48. The van der Waals surface area contributed by atoms with E-state index in [2.05, 4.69) is 51.6 Å². The van der Waals surface area contributed by atoms with Crippen LogP contribution in [-0.2, 0) is 0 Å². The van der Waals surface area contributed by atoms with Crippen LogP contribution in [0, 0.1) is 13.8 Å². The Bertz CT molecular complexity index is 1020. The Kier molecular flexibility index (Phi) is 4.56. The monoisotopic (exact) mass is 384 g/mol. The smallest absolute Gasteiger partial charge is 0.240 e. The summed E-state index contributed by atoms with van der Waals surface area (Å²) in [5.74, 6) is 1.16. The number of aryl methyl sites for hydroxylation is 2. The van der Waals surface area contributed by atoms with Crippen molar-refractivity contribution in [3.8, 4) is 16.4 Å². The molecule has 9 heteroatoms. The molecule has 0 aliphatic heterocycles. The Labute approximate surface area is 158 Å². The van der Waals surface area contributed by atoms with Crippen LogP contribution in [0.25, 0.3) is 16.4 Å². The van der Waals surface area contributed by atoms with Crippen LogP contribution in [0.2, 0.25) is 0 Å². The molecular weight excluding hydrogens is 368 g/mol. The SMILES string of the molecule is Cc1ccc(-n2nnnc2SC(C)c2nc(-c3cccs3)no2)cc1C. The van der Waals surface area contributed by atoms with Gasteiger partial charge in [-0.3, -0.25) is 0 Å². The third kappa shape index (κ3) is 3.27. The zero-order valence-corrected chi connectivity index (χ0v) is 16.1. The van der Waals surface area contributed by atoms with Gasteiger partial charge in [-0.2, -0.15) is 9.67 Å². The van der Waals surface area contributed by atoms with Gasteiger partial charge in [-0.15, -0.1) is 16.4 Å². The van der Waals surface area contributed by atoms with Gasteiger partial charge >= 0.3 is 0 Å². The second-order valence-electron chi connectivity index (χ2n) is 5.84. The molecule has 0 spiro atoms. The molecule has 132 valence electrons. The average molecular weight is 384 g/mol. The Morgan fingerprint density at radius 3 is 2.85 bits per heavy atom. The Morgan fingerprint density at radius 2 is 2.08 bits per heavy atom. The highest BCUT2D eigenvalue weighted by atomic mass is 32.2. The lowest BCUT2D eigenvalue weighted by molar-refractivity contribution is 0.380. The summed E-state index contributed by atoms with van der Waals surface area (Å²) in [6, 6.07) is 10.1. The highest BCUT2D eigenvalue weighted by Crippen LogP contribution is 2.34. The van der Waals surface area contributed by atoms with Gasteiger partial charge in [-0.1, -0.05) is 29.1 Å². The van der Waals surface area contributed by atoms with Crippen molar-refractivity contribution in [2.45, 2.75) is 31.2 Å². The van der Waals surface area contributed by atoms with E-state index in [0.29, 0.717) is 16.9 Å². The Hall–Kier alpha value is -2.52. The van der Waals surface area contributed by atoms with Gasteiger partial charge < -0.3 is 4.52 Å². The van der Waals surface area contributed by atoms with Crippen molar-refractivity contribution in [3.63, 3.8) is 0 Å². The molecule has 26 heavy (non-hydrogen) atoms. The number of thioether (sulfide) groups is 1. The van der Waals surface area contributed by atoms with Crippen LogP contribution in [0.3, 0.4) is 0 Å². The van der Waals surface area contributed by atoms with Gasteiger partial charge in [0.1, 0.15) is 0 Å². The van der Waals surface area contributed by atoms with Crippen LogP contribution in [0.4, 0.5) is 0 Å². The maximum absolute atomic E-state index is 5.43. The number of aromatic nitrogens is 6. The van der Waals surface area contributed by atoms with Crippen molar-refractivity contribution in [2.24, 2.45) is 0 Å². The van der Waals surface area contributed by atoms with Gasteiger partial charge in [0, 0.05) is 0 Å². The molecule has 0 amide bonds. The van der Waals surface area contributed by atoms with E-state index >= 15 is 0 Å². The van der Waals surface area contributed by atoms with E-state index < -0.39 is 0 Å². The van der Waals surface area contributed by atoms with Crippen molar-refractivity contribution in [2.75, 3.05) is 0 Å². The Balaban J connectivity index is 1.56. The van der Waals surface area contributed by atoms with E-state index in [0.717, 1.165) is 10.6 Å². The zero-order chi connectivity index (χ0) is 18.1. The molecule has 1 unspecified atom stereocenters. The molecule has 1 aromatic carbocycles. The molecule has 4 rings (SSSR count). The number of thiophene rings is 1. The summed E-state index contributed by atoms with van der Waals surface area (Å²) in [5, 5.41) is 18.7. The molecule has 0 N–H and O–H groups in total. The van der Waals surface area contributed by atoms with Crippen molar-refractivity contribution >= 4 is 23.1 Å². The molecule has 0 bridgehead atoms. The van der Waals surface area contributed by atoms with Gasteiger partial charge in [-0.05, 0) is 65.9 Å². The maximum atomic E-state index is 5.43. The van der Waals surface area contributed by atoms with E-state index in [9.17, 15) is 0 Å². The lowest BCUT2D eigenvalue weighted by Crippen LogP contribution is -2.01. The van der Waals surface area contributed by atoms with Crippen LogP contribution in [0.5, 0.6) is 0 Å². The second kappa shape index (κ2) is 7.00. The molecule has 4 aromatic rings. The lowest BCUT2D eigenvalue weighted by Gasteiger charge is -2.08. The van der Waals surface area contributed by atoms with Crippen molar-refractivity contribution in [1.82, 2.24) is 30.3 Å². The van der Waals surface area contributed by atoms with Gasteiger partial charge in [0.05, 0.1) is 15.8 Å². The largest absolute Gasteiger partial charge is 0.338 e. The summed E-state index contributed by atoms with van der Waals surface area (Å²) in [5.41, 5.74) is 3.36. The fourth-order valence-electron chi connectivity index (χ4n) is 2.39. The maximum Gasteiger partial charge on any atom is 0.240 e. The van der Waals surface area contributed by atoms with Crippen LogP contribution < -0.4 is 0 Å². The summed E-state index contributed by atoms with van der Waals surface area (Å²) >= 11 is 3.06. The summed E-state index contributed by atoms with van der Waals surface area (Å²) in [6.45, 7) is 6.15. The minimum Gasteiger partial charge on any atom is -0.338 e. The topological polar surface area (TPSA) is 82.5 Å². The first-order chi connectivity index (χ1) is 12.6. The van der Waals surface area contributed by atoms with Crippen LogP contribution in [0.1, 0.15) is 29.2 Å². The number of hydrogen-bond donors (Lipinski definition) is 0. The molecule has 0 radical (unpaired) electrons.